The number of hydrogen-bond donors (Lipinski definition) is 2. The van der Waals surface area contributed by atoms with Crippen molar-refractivity contribution in [1.29, 1.82) is 0 Å². The minimum atomic E-state index is -0.748. The smallest absolute Gasteiger partial charge is 0.325 e. The molecule has 0 spiro atoms. The van der Waals surface area contributed by atoms with Crippen LogP contribution in [0.5, 0.6) is 0 Å². The molecule has 5 nitrogen and oxygen atoms in total. The Morgan fingerprint density at radius 2 is 1.94 bits per heavy atom. The van der Waals surface area contributed by atoms with E-state index in [1.54, 1.807) is 0 Å². The van der Waals surface area contributed by atoms with Gasteiger partial charge >= 0.3 is 12.1 Å². The molecular weight excluding hydrogens is 218 g/mol. The highest BCUT2D eigenvalue weighted by Gasteiger charge is 2.18. The van der Waals surface area contributed by atoms with E-state index in [9.17, 15) is 9.59 Å². The van der Waals surface area contributed by atoms with Crippen molar-refractivity contribution in [3.63, 3.8) is 0 Å². The monoisotopic (exact) mass is 235 g/mol. The molecule has 1 rings (SSSR count). The van der Waals surface area contributed by atoms with Crippen molar-refractivity contribution < 1.29 is 9.59 Å². The summed E-state index contributed by atoms with van der Waals surface area (Å²) in [5, 5.41) is 2.62. The maximum absolute atomic E-state index is 11.7. The molecule has 0 aromatic heterocycles. The van der Waals surface area contributed by atoms with Gasteiger partial charge < -0.3 is 11.1 Å². The minimum absolute atomic E-state index is 0.186. The predicted molar refractivity (Wildman–Crippen MR) is 65.3 cm³/mol. The van der Waals surface area contributed by atoms with Crippen LogP contribution in [0, 0.1) is 0 Å². The second kappa shape index (κ2) is 6.52. The fourth-order valence-electron chi connectivity index (χ4n) is 1.34. The first-order valence-electron chi connectivity index (χ1n) is 5.54. The molecule has 0 aliphatic rings. The maximum Gasteiger partial charge on any atom is 0.325 e. The van der Waals surface area contributed by atoms with Crippen LogP contribution in [0.1, 0.15) is 18.9 Å². The van der Waals surface area contributed by atoms with Crippen molar-refractivity contribution in [1.82, 2.24) is 10.2 Å². The van der Waals surface area contributed by atoms with Gasteiger partial charge in [-0.1, -0.05) is 37.3 Å². The molecule has 1 aromatic carbocycles. The van der Waals surface area contributed by atoms with E-state index in [0.29, 0.717) is 6.54 Å². The van der Waals surface area contributed by atoms with Crippen LogP contribution in [0.25, 0.3) is 0 Å². The number of nitrogens with zero attached hydrogens (tertiary/aromatic N) is 1. The molecule has 17 heavy (non-hydrogen) atoms. The summed E-state index contributed by atoms with van der Waals surface area (Å²) in [7, 11) is 0. The normalized spacial score (nSPS) is 9.71. The van der Waals surface area contributed by atoms with Gasteiger partial charge in [-0.15, -0.1) is 0 Å². The number of benzene rings is 1. The number of urea groups is 2. The lowest BCUT2D eigenvalue weighted by Gasteiger charge is -2.18. The summed E-state index contributed by atoms with van der Waals surface area (Å²) in [5.74, 6) is 0. The third-order valence-electron chi connectivity index (χ3n) is 2.22. The van der Waals surface area contributed by atoms with Crippen LogP contribution >= 0.6 is 0 Å². The Balaban J connectivity index is 2.67. The van der Waals surface area contributed by atoms with Crippen LogP contribution in [0.15, 0.2) is 30.3 Å². The van der Waals surface area contributed by atoms with E-state index < -0.39 is 12.1 Å². The van der Waals surface area contributed by atoms with Crippen molar-refractivity contribution >= 4 is 12.1 Å². The Morgan fingerprint density at radius 3 is 2.47 bits per heavy atom. The number of carbonyl (C=O) groups excluding carboxylic acids is 2. The number of imide groups is 1. The van der Waals surface area contributed by atoms with E-state index >= 15 is 0 Å². The zero-order valence-corrected chi connectivity index (χ0v) is 9.85. The van der Waals surface area contributed by atoms with Gasteiger partial charge in [-0.05, 0) is 12.0 Å². The number of nitrogens with one attached hydrogen (secondary N) is 1. The molecule has 92 valence electrons. The molecule has 0 bridgehead atoms. The summed E-state index contributed by atoms with van der Waals surface area (Å²) in [4.78, 5) is 23.8. The summed E-state index contributed by atoms with van der Waals surface area (Å²) in [6.07, 6.45) is 0.809. The van der Waals surface area contributed by atoms with Crippen LogP contribution in [0.4, 0.5) is 9.59 Å². The largest absolute Gasteiger partial charge is 0.351 e. The highest BCUT2D eigenvalue weighted by Crippen LogP contribution is 2.04. The average Bonchev–Trinajstić information content (AvgIpc) is 2.34. The van der Waals surface area contributed by atoms with E-state index in [4.69, 9.17) is 5.73 Å². The van der Waals surface area contributed by atoms with Crippen molar-refractivity contribution in [3.8, 4) is 0 Å². The Bertz CT molecular complexity index is 379. The Labute approximate surface area is 101 Å². The van der Waals surface area contributed by atoms with Gasteiger partial charge in [0.15, 0.2) is 0 Å². The number of carbonyl (C=O) groups is 2. The quantitative estimate of drug-likeness (QED) is 0.833. The Hall–Kier alpha value is -2.04. The molecule has 0 aliphatic heterocycles. The number of rotatable bonds is 4. The first kappa shape index (κ1) is 13.0. The Morgan fingerprint density at radius 1 is 1.29 bits per heavy atom. The fourth-order valence-corrected chi connectivity index (χ4v) is 1.34. The van der Waals surface area contributed by atoms with Gasteiger partial charge in [0.2, 0.25) is 0 Å². The number of hydrogen-bond acceptors (Lipinski definition) is 2. The van der Waals surface area contributed by atoms with E-state index in [2.05, 4.69) is 5.32 Å². The van der Waals surface area contributed by atoms with E-state index in [1.807, 2.05) is 37.3 Å². The molecule has 1 aromatic rings. The Kier molecular flexibility index (Phi) is 5.00. The van der Waals surface area contributed by atoms with Gasteiger partial charge in [-0.2, -0.15) is 0 Å². The number of nitrogens with two attached hydrogens (primary N) is 1. The van der Waals surface area contributed by atoms with Crippen molar-refractivity contribution in [2.75, 3.05) is 6.54 Å². The average molecular weight is 235 g/mol. The van der Waals surface area contributed by atoms with E-state index in [1.165, 1.54) is 0 Å². The SMILES string of the molecule is CCCNC(=O)N(Cc1ccccc1)C(N)=O. The lowest BCUT2D eigenvalue weighted by molar-refractivity contribution is 0.189. The number of primary amides is 1. The highest BCUT2D eigenvalue weighted by atomic mass is 16.2. The van der Waals surface area contributed by atoms with Crippen LogP contribution in [0.2, 0.25) is 0 Å². The zero-order valence-electron chi connectivity index (χ0n) is 9.85. The van der Waals surface area contributed by atoms with Gasteiger partial charge in [-0.25, -0.2) is 14.5 Å². The summed E-state index contributed by atoms with van der Waals surface area (Å²) in [6.45, 7) is 2.65. The summed E-state index contributed by atoms with van der Waals surface area (Å²) >= 11 is 0. The topological polar surface area (TPSA) is 75.4 Å². The van der Waals surface area contributed by atoms with Crippen LogP contribution in [-0.2, 0) is 6.54 Å². The predicted octanol–water partition coefficient (Wildman–Crippen LogP) is 1.69. The zero-order chi connectivity index (χ0) is 12.7. The molecule has 0 heterocycles. The van der Waals surface area contributed by atoms with Gasteiger partial charge in [0.1, 0.15) is 0 Å². The molecule has 0 saturated heterocycles. The van der Waals surface area contributed by atoms with Crippen LogP contribution < -0.4 is 11.1 Å². The van der Waals surface area contributed by atoms with E-state index in [0.717, 1.165) is 16.9 Å². The third kappa shape index (κ3) is 4.14. The first-order chi connectivity index (χ1) is 8.15. The fraction of sp³-hybridized carbons (Fsp3) is 0.333. The lowest BCUT2D eigenvalue weighted by Crippen LogP contribution is -2.46. The van der Waals surface area contributed by atoms with Crippen LogP contribution in [-0.4, -0.2) is 23.5 Å². The summed E-state index contributed by atoms with van der Waals surface area (Å²) < 4.78 is 0. The summed E-state index contributed by atoms with van der Waals surface area (Å²) in [5.41, 5.74) is 6.04. The molecule has 5 heteroatoms. The van der Waals surface area contributed by atoms with Gasteiger partial charge in [0.25, 0.3) is 0 Å². The third-order valence-corrected chi connectivity index (χ3v) is 2.22. The number of amides is 4. The second-order valence-corrected chi connectivity index (χ2v) is 3.64. The lowest BCUT2D eigenvalue weighted by atomic mass is 10.2. The second-order valence-electron chi connectivity index (χ2n) is 3.64. The molecular formula is C12H17N3O2. The van der Waals surface area contributed by atoms with Gasteiger partial charge in [-0.3, -0.25) is 0 Å². The molecule has 0 unspecified atom stereocenters. The van der Waals surface area contributed by atoms with Crippen molar-refractivity contribution in [2.24, 2.45) is 5.73 Å². The van der Waals surface area contributed by atoms with Crippen LogP contribution in [0.3, 0.4) is 0 Å². The molecule has 0 atom stereocenters. The van der Waals surface area contributed by atoms with E-state index in [-0.39, 0.29) is 6.54 Å². The van der Waals surface area contributed by atoms with Gasteiger partial charge in [0, 0.05) is 6.54 Å². The molecule has 0 aliphatic carbocycles. The standard InChI is InChI=1S/C12H17N3O2/c1-2-8-14-12(17)15(11(13)16)9-10-6-4-3-5-7-10/h3-7H,2,8-9H2,1H3,(H2,13,16)(H,14,17). The highest BCUT2D eigenvalue weighted by molar-refractivity contribution is 5.92. The first-order valence-corrected chi connectivity index (χ1v) is 5.54. The molecule has 0 radical (unpaired) electrons. The molecule has 0 fully saturated rings. The van der Waals surface area contributed by atoms with Crippen molar-refractivity contribution in [3.05, 3.63) is 35.9 Å². The molecule has 4 amide bonds. The molecule has 3 N–H and O–H groups in total. The maximum atomic E-state index is 11.7. The van der Waals surface area contributed by atoms with Gasteiger partial charge in [0.05, 0.1) is 6.54 Å². The van der Waals surface area contributed by atoms with Crippen molar-refractivity contribution in [2.45, 2.75) is 19.9 Å². The minimum Gasteiger partial charge on any atom is -0.351 e. The molecule has 0 saturated carbocycles. The summed E-state index contributed by atoms with van der Waals surface area (Å²) in [6, 6.07) is 8.03.